The number of esters is 1. The minimum atomic E-state index is -0.111. The molecule has 2 atom stereocenters. The van der Waals surface area contributed by atoms with Crippen molar-refractivity contribution in [2.24, 2.45) is 11.7 Å². The summed E-state index contributed by atoms with van der Waals surface area (Å²) in [6.07, 6.45) is 3.28. The van der Waals surface area contributed by atoms with Gasteiger partial charge < -0.3 is 20.1 Å². The predicted octanol–water partition coefficient (Wildman–Crippen LogP) is 2.97. The number of hydrogen-bond acceptors (Lipinski definition) is 5. The van der Waals surface area contributed by atoms with Crippen LogP contribution in [0.4, 0.5) is 5.69 Å². The molecular weight excluding hydrogens is 304 g/mol. The number of rotatable bonds is 8. The van der Waals surface area contributed by atoms with Crippen LogP contribution in [0, 0.1) is 5.92 Å². The molecule has 0 aliphatic carbocycles. The number of benzene rings is 1. The second-order valence-electron chi connectivity index (χ2n) is 6.45. The predicted molar refractivity (Wildman–Crippen MR) is 96.4 cm³/mol. The van der Waals surface area contributed by atoms with Crippen LogP contribution in [0.25, 0.3) is 0 Å². The zero-order chi connectivity index (χ0) is 17.4. The minimum absolute atomic E-state index is 0.111. The molecule has 1 fully saturated rings. The lowest BCUT2D eigenvalue weighted by Gasteiger charge is -2.38. The van der Waals surface area contributed by atoms with E-state index in [1.54, 1.807) is 0 Å². The molecule has 5 nitrogen and oxygen atoms in total. The van der Waals surface area contributed by atoms with Crippen LogP contribution in [0.2, 0.25) is 0 Å². The van der Waals surface area contributed by atoms with Crippen LogP contribution in [0.5, 0.6) is 5.75 Å². The lowest BCUT2D eigenvalue weighted by atomic mass is 9.90. The highest BCUT2D eigenvalue weighted by Gasteiger charge is 2.25. The van der Waals surface area contributed by atoms with E-state index in [9.17, 15) is 4.79 Å². The lowest BCUT2D eigenvalue weighted by molar-refractivity contribution is -0.143. The molecule has 24 heavy (non-hydrogen) atoms. The first kappa shape index (κ1) is 18.6. The van der Waals surface area contributed by atoms with Gasteiger partial charge in [0.15, 0.2) is 0 Å². The molecule has 2 N–H and O–H groups in total. The Morgan fingerprint density at radius 1 is 1.25 bits per heavy atom. The van der Waals surface area contributed by atoms with E-state index in [0.717, 1.165) is 50.4 Å². The fourth-order valence-electron chi connectivity index (χ4n) is 3.19. The van der Waals surface area contributed by atoms with Crippen molar-refractivity contribution >= 4 is 11.7 Å². The lowest BCUT2D eigenvalue weighted by Crippen LogP contribution is -2.47. The first-order valence-corrected chi connectivity index (χ1v) is 9.01. The minimum Gasteiger partial charge on any atom is -0.494 e. The highest BCUT2D eigenvalue weighted by atomic mass is 16.5. The van der Waals surface area contributed by atoms with Gasteiger partial charge in [-0.15, -0.1) is 0 Å². The van der Waals surface area contributed by atoms with Crippen molar-refractivity contribution in [3.63, 3.8) is 0 Å². The third kappa shape index (κ3) is 5.71. The van der Waals surface area contributed by atoms with E-state index in [0.29, 0.717) is 18.9 Å². The van der Waals surface area contributed by atoms with Crippen molar-refractivity contribution in [1.82, 2.24) is 0 Å². The maximum Gasteiger partial charge on any atom is 0.305 e. The highest BCUT2D eigenvalue weighted by molar-refractivity contribution is 5.69. The van der Waals surface area contributed by atoms with Crippen molar-refractivity contribution in [3.05, 3.63) is 24.3 Å². The van der Waals surface area contributed by atoms with Crippen LogP contribution < -0.4 is 15.4 Å². The molecule has 2 rings (SSSR count). The van der Waals surface area contributed by atoms with Crippen LogP contribution in [-0.4, -0.2) is 38.3 Å². The van der Waals surface area contributed by atoms with E-state index >= 15 is 0 Å². The first-order chi connectivity index (χ1) is 11.6. The Hall–Kier alpha value is -1.75. The van der Waals surface area contributed by atoms with Gasteiger partial charge in [-0.1, -0.05) is 6.92 Å². The van der Waals surface area contributed by atoms with E-state index in [1.807, 2.05) is 19.1 Å². The standard InChI is InChI=1S/C19H30N2O3/c1-3-11-24-18-8-6-17(7-9-18)21-13-15(12-16(20)14-21)5-10-19(22)23-4-2/h6-9,15-16H,3-5,10-14,20H2,1-2H3. The number of piperidine rings is 1. The molecule has 1 heterocycles. The van der Waals surface area contributed by atoms with Gasteiger partial charge in [0.1, 0.15) is 5.75 Å². The van der Waals surface area contributed by atoms with Gasteiger partial charge in [-0.2, -0.15) is 0 Å². The summed E-state index contributed by atoms with van der Waals surface area (Å²) >= 11 is 0. The van der Waals surface area contributed by atoms with E-state index in [-0.39, 0.29) is 12.0 Å². The van der Waals surface area contributed by atoms with E-state index in [2.05, 4.69) is 24.0 Å². The van der Waals surface area contributed by atoms with Gasteiger partial charge in [-0.05, 0) is 56.4 Å². The molecule has 0 saturated carbocycles. The number of carbonyl (C=O) groups excluding carboxylic acids is 1. The maximum absolute atomic E-state index is 11.6. The van der Waals surface area contributed by atoms with Crippen molar-refractivity contribution in [3.8, 4) is 5.75 Å². The van der Waals surface area contributed by atoms with Crippen LogP contribution in [0.3, 0.4) is 0 Å². The summed E-state index contributed by atoms with van der Waals surface area (Å²) in [7, 11) is 0. The molecule has 0 aromatic heterocycles. The highest BCUT2D eigenvalue weighted by Crippen LogP contribution is 2.27. The van der Waals surface area contributed by atoms with Crippen LogP contribution in [0.1, 0.15) is 39.5 Å². The summed E-state index contributed by atoms with van der Waals surface area (Å²) in [5.41, 5.74) is 7.39. The molecule has 1 aliphatic heterocycles. The number of nitrogens with two attached hydrogens (primary N) is 1. The van der Waals surface area contributed by atoms with E-state index in [1.165, 1.54) is 0 Å². The van der Waals surface area contributed by atoms with Gasteiger partial charge in [0.25, 0.3) is 0 Å². The van der Waals surface area contributed by atoms with Crippen LogP contribution in [-0.2, 0) is 9.53 Å². The summed E-state index contributed by atoms with van der Waals surface area (Å²) in [4.78, 5) is 13.9. The molecule has 1 aliphatic rings. The smallest absolute Gasteiger partial charge is 0.305 e. The van der Waals surface area contributed by atoms with Crippen molar-refractivity contribution in [2.45, 2.75) is 45.6 Å². The monoisotopic (exact) mass is 334 g/mol. The van der Waals surface area contributed by atoms with E-state index in [4.69, 9.17) is 15.2 Å². The van der Waals surface area contributed by atoms with Gasteiger partial charge in [0.05, 0.1) is 13.2 Å². The number of anilines is 1. The zero-order valence-electron chi connectivity index (χ0n) is 14.9. The summed E-state index contributed by atoms with van der Waals surface area (Å²) in [5, 5.41) is 0. The Balaban J connectivity index is 1.91. The third-order valence-corrected chi connectivity index (χ3v) is 4.31. The topological polar surface area (TPSA) is 64.8 Å². The van der Waals surface area contributed by atoms with Gasteiger partial charge >= 0.3 is 5.97 Å². The number of carbonyl (C=O) groups is 1. The summed E-state index contributed by atoms with van der Waals surface area (Å²) in [6.45, 7) is 6.91. The molecule has 0 amide bonds. The quantitative estimate of drug-likeness (QED) is 0.741. The number of nitrogens with zero attached hydrogens (tertiary/aromatic N) is 1. The average molecular weight is 334 g/mol. The maximum atomic E-state index is 11.6. The Kier molecular flexibility index (Phi) is 7.37. The second-order valence-corrected chi connectivity index (χ2v) is 6.45. The first-order valence-electron chi connectivity index (χ1n) is 9.01. The fraction of sp³-hybridized carbons (Fsp3) is 0.632. The van der Waals surface area contributed by atoms with Crippen LogP contribution >= 0.6 is 0 Å². The summed E-state index contributed by atoms with van der Waals surface area (Å²) in [6, 6.07) is 8.34. The fourth-order valence-corrected chi connectivity index (χ4v) is 3.19. The third-order valence-electron chi connectivity index (χ3n) is 4.31. The molecule has 0 spiro atoms. The largest absolute Gasteiger partial charge is 0.494 e. The Bertz CT molecular complexity index is 504. The van der Waals surface area contributed by atoms with Crippen LogP contribution in [0.15, 0.2) is 24.3 Å². The normalized spacial score (nSPS) is 20.7. The van der Waals surface area contributed by atoms with Crippen molar-refractivity contribution in [2.75, 3.05) is 31.2 Å². The number of hydrogen-bond donors (Lipinski definition) is 1. The van der Waals surface area contributed by atoms with E-state index < -0.39 is 0 Å². The SMILES string of the molecule is CCCOc1ccc(N2CC(N)CC(CCC(=O)OCC)C2)cc1. The molecule has 1 aromatic rings. The summed E-state index contributed by atoms with van der Waals surface area (Å²) < 4.78 is 10.7. The molecular formula is C19H30N2O3. The molecule has 134 valence electrons. The van der Waals surface area contributed by atoms with Crippen molar-refractivity contribution in [1.29, 1.82) is 0 Å². The molecule has 2 unspecified atom stereocenters. The second kappa shape index (κ2) is 9.52. The Morgan fingerprint density at radius 3 is 2.67 bits per heavy atom. The molecule has 1 aromatic carbocycles. The van der Waals surface area contributed by atoms with Gasteiger partial charge in [0, 0.05) is 31.2 Å². The Labute approximate surface area is 145 Å². The molecule has 1 saturated heterocycles. The number of ether oxygens (including phenoxy) is 2. The van der Waals surface area contributed by atoms with Gasteiger partial charge in [-0.3, -0.25) is 4.79 Å². The summed E-state index contributed by atoms with van der Waals surface area (Å²) in [5.74, 6) is 1.22. The van der Waals surface area contributed by atoms with Gasteiger partial charge in [0.2, 0.25) is 0 Å². The molecule has 5 heteroatoms. The molecule has 0 bridgehead atoms. The average Bonchev–Trinajstić information content (AvgIpc) is 2.58. The molecule has 0 radical (unpaired) electrons. The zero-order valence-corrected chi connectivity index (χ0v) is 14.9. The Morgan fingerprint density at radius 2 is 2.00 bits per heavy atom. The van der Waals surface area contributed by atoms with Gasteiger partial charge in [-0.25, -0.2) is 0 Å². The van der Waals surface area contributed by atoms with Crippen molar-refractivity contribution < 1.29 is 14.3 Å².